The van der Waals surface area contributed by atoms with Crippen LogP contribution in [0.15, 0.2) is 30.9 Å². The summed E-state index contributed by atoms with van der Waals surface area (Å²) in [5, 5.41) is 8.51. The van der Waals surface area contributed by atoms with Crippen molar-refractivity contribution in [2.75, 3.05) is 18.0 Å². The van der Waals surface area contributed by atoms with Crippen molar-refractivity contribution in [1.82, 2.24) is 29.4 Å². The Morgan fingerprint density at radius 1 is 1.26 bits per heavy atom. The van der Waals surface area contributed by atoms with Crippen molar-refractivity contribution in [1.29, 1.82) is 0 Å². The van der Waals surface area contributed by atoms with Crippen LogP contribution in [0.5, 0.6) is 0 Å². The summed E-state index contributed by atoms with van der Waals surface area (Å²) in [6, 6.07) is 4.43. The maximum atomic E-state index is 4.35. The molecule has 7 nitrogen and oxygen atoms in total. The van der Waals surface area contributed by atoms with E-state index in [1.807, 2.05) is 36.1 Å². The van der Waals surface area contributed by atoms with Crippen LogP contribution in [0.3, 0.4) is 0 Å². The fraction of sp³-hybridized carbons (Fsp3) is 0.333. The second-order valence-corrected chi connectivity index (χ2v) is 4.77. The molecule has 1 saturated heterocycles. The lowest BCUT2D eigenvalue weighted by atomic mass is 10.1. The van der Waals surface area contributed by atoms with Crippen molar-refractivity contribution in [3.8, 4) is 0 Å². The van der Waals surface area contributed by atoms with Gasteiger partial charge in [-0.2, -0.15) is 19.7 Å². The van der Waals surface area contributed by atoms with E-state index in [1.165, 1.54) is 6.33 Å². The minimum atomic E-state index is 0.432. The van der Waals surface area contributed by atoms with Gasteiger partial charge in [0, 0.05) is 37.2 Å². The predicted molar refractivity (Wildman–Crippen MR) is 69.0 cm³/mol. The van der Waals surface area contributed by atoms with Gasteiger partial charge < -0.3 is 4.90 Å². The van der Waals surface area contributed by atoms with Crippen molar-refractivity contribution in [2.24, 2.45) is 0 Å². The van der Waals surface area contributed by atoms with Gasteiger partial charge in [-0.3, -0.25) is 4.68 Å². The molecule has 1 aliphatic rings. The van der Waals surface area contributed by atoms with Crippen LogP contribution in [-0.4, -0.2) is 42.5 Å². The first-order chi connectivity index (χ1) is 9.31. The van der Waals surface area contributed by atoms with Crippen molar-refractivity contribution >= 4 is 11.6 Å². The van der Waals surface area contributed by atoms with Crippen molar-refractivity contribution in [2.45, 2.75) is 13.0 Å². The van der Waals surface area contributed by atoms with Gasteiger partial charge in [-0.25, -0.2) is 4.98 Å². The molecule has 7 heteroatoms. The Morgan fingerprint density at radius 3 is 2.95 bits per heavy atom. The Kier molecular flexibility index (Phi) is 2.08. The minimum Gasteiger partial charge on any atom is -0.352 e. The van der Waals surface area contributed by atoms with Crippen LogP contribution in [0, 0.1) is 6.92 Å². The summed E-state index contributed by atoms with van der Waals surface area (Å²) < 4.78 is 3.79. The van der Waals surface area contributed by atoms with Gasteiger partial charge in [0.2, 0.25) is 0 Å². The van der Waals surface area contributed by atoms with E-state index in [0.29, 0.717) is 11.8 Å². The second kappa shape index (κ2) is 3.78. The summed E-state index contributed by atoms with van der Waals surface area (Å²) in [6.45, 7) is 3.84. The molecule has 0 spiro atoms. The van der Waals surface area contributed by atoms with Gasteiger partial charge in [0.1, 0.15) is 12.1 Å². The molecule has 3 aromatic rings. The monoisotopic (exact) mass is 255 g/mol. The smallest absolute Gasteiger partial charge is 0.254 e. The Labute approximate surface area is 109 Å². The zero-order valence-corrected chi connectivity index (χ0v) is 10.5. The lowest BCUT2D eigenvalue weighted by molar-refractivity contribution is 0.364. The highest BCUT2D eigenvalue weighted by Gasteiger charge is 2.30. The number of hydrogen-bond acceptors (Lipinski definition) is 5. The number of rotatable bonds is 2. The molecule has 1 aliphatic heterocycles. The fourth-order valence-electron chi connectivity index (χ4n) is 2.44. The molecular formula is C12H13N7. The molecule has 0 N–H and O–H groups in total. The molecule has 0 aliphatic carbocycles. The molecular weight excluding hydrogens is 242 g/mol. The molecule has 3 aromatic heterocycles. The third kappa shape index (κ3) is 1.58. The molecule has 1 fully saturated rings. The maximum absolute atomic E-state index is 4.35. The van der Waals surface area contributed by atoms with Crippen LogP contribution >= 0.6 is 0 Å². The second-order valence-electron chi connectivity index (χ2n) is 4.77. The number of fused-ring (bicyclic) bond motifs is 1. The summed E-state index contributed by atoms with van der Waals surface area (Å²) in [5.74, 6) is 1.70. The molecule has 0 aromatic carbocycles. The van der Waals surface area contributed by atoms with Gasteiger partial charge in [-0.15, -0.1) is 0 Å². The predicted octanol–water partition coefficient (Wildman–Crippen LogP) is 0.691. The highest BCUT2D eigenvalue weighted by atomic mass is 15.4. The van der Waals surface area contributed by atoms with Crippen LogP contribution in [-0.2, 0) is 0 Å². The summed E-state index contributed by atoms with van der Waals surface area (Å²) in [5.41, 5.74) is 0.957. The van der Waals surface area contributed by atoms with Crippen molar-refractivity contribution in [3.05, 3.63) is 36.5 Å². The standard InChI is InChI=1S/C12H13N7/c1-9-5-11(19-12(16-9)13-8-15-19)17-6-10(7-17)18-4-2-3-14-18/h2-5,8,10H,6-7H2,1H3. The number of hydrogen-bond donors (Lipinski definition) is 0. The Hall–Kier alpha value is -2.44. The highest BCUT2D eigenvalue weighted by molar-refractivity contribution is 5.49. The number of anilines is 1. The van der Waals surface area contributed by atoms with E-state index in [4.69, 9.17) is 0 Å². The molecule has 0 saturated carbocycles. The first-order valence-corrected chi connectivity index (χ1v) is 6.23. The van der Waals surface area contributed by atoms with Gasteiger partial charge in [-0.1, -0.05) is 0 Å². The number of aryl methyl sites for hydroxylation is 1. The first-order valence-electron chi connectivity index (χ1n) is 6.23. The van der Waals surface area contributed by atoms with Crippen LogP contribution < -0.4 is 4.90 Å². The lowest BCUT2D eigenvalue weighted by Crippen LogP contribution is -2.48. The van der Waals surface area contributed by atoms with E-state index in [-0.39, 0.29) is 0 Å². The third-order valence-corrected chi connectivity index (χ3v) is 3.45. The summed E-state index contributed by atoms with van der Waals surface area (Å²) in [6.07, 6.45) is 5.36. The lowest BCUT2D eigenvalue weighted by Gasteiger charge is -2.40. The van der Waals surface area contributed by atoms with Crippen LogP contribution in [0.4, 0.5) is 5.82 Å². The van der Waals surface area contributed by atoms with Gasteiger partial charge in [-0.05, 0) is 13.0 Å². The zero-order chi connectivity index (χ0) is 12.8. The summed E-state index contributed by atoms with van der Waals surface area (Å²) in [7, 11) is 0. The van der Waals surface area contributed by atoms with E-state index >= 15 is 0 Å². The Morgan fingerprint density at radius 2 is 2.16 bits per heavy atom. The molecule has 4 rings (SSSR count). The van der Waals surface area contributed by atoms with Gasteiger partial charge >= 0.3 is 0 Å². The average Bonchev–Trinajstić information content (AvgIpc) is 2.96. The van der Waals surface area contributed by atoms with E-state index in [0.717, 1.165) is 24.6 Å². The third-order valence-electron chi connectivity index (χ3n) is 3.45. The molecule has 0 amide bonds. The number of nitrogens with zero attached hydrogens (tertiary/aromatic N) is 7. The molecule has 0 unspecified atom stereocenters. The molecule has 0 bridgehead atoms. The van der Waals surface area contributed by atoms with Crippen LogP contribution in [0.2, 0.25) is 0 Å². The molecule has 0 radical (unpaired) electrons. The van der Waals surface area contributed by atoms with Crippen LogP contribution in [0.25, 0.3) is 5.78 Å². The summed E-state index contributed by atoms with van der Waals surface area (Å²) in [4.78, 5) is 10.8. The Balaban J connectivity index is 1.64. The van der Waals surface area contributed by atoms with Crippen LogP contribution in [0.1, 0.15) is 11.7 Å². The van der Waals surface area contributed by atoms with E-state index < -0.39 is 0 Å². The van der Waals surface area contributed by atoms with Gasteiger partial charge in [0.25, 0.3) is 5.78 Å². The van der Waals surface area contributed by atoms with Gasteiger partial charge in [0.05, 0.1) is 6.04 Å². The van der Waals surface area contributed by atoms with Gasteiger partial charge in [0.15, 0.2) is 0 Å². The molecule has 0 atom stereocenters. The van der Waals surface area contributed by atoms with Crippen molar-refractivity contribution in [3.63, 3.8) is 0 Å². The van der Waals surface area contributed by atoms with E-state index in [2.05, 4.69) is 25.1 Å². The molecule has 4 heterocycles. The molecule has 96 valence electrons. The largest absolute Gasteiger partial charge is 0.352 e. The average molecular weight is 255 g/mol. The minimum absolute atomic E-state index is 0.432. The quantitative estimate of drug-likeness (QED) is 0.674. The molecule has 19 heavy (non-hydrogen) atoms. The topological polar surface area (TPSA) is 64.1 Å². The first kappa shape index (κ1) is 10.5. The highest BCUT2D eigenvalue weighted by Crippen LogP contribution is 2.27. The zero-order valence-electron chi connectivity index (χ0n) is 10.5. The summed E-state index contributed by atoms with van der Waals surface area (Å²) >= 11 is 0. The SMILES string of the molecule is Cc1cc(N2CC(n3cccn3)C2)n2ncnc2n1. The Bertz CT molecular complexity index is 709. The van der Waals surface area contributed by atoms with E-state index in [1.54, 1.807) is 4.52 Å². The fourth-order valence-corrected chi connectivity index (χ4v) is 2.44. The normalized spacial score (nSPS) is 15.9. The van der Waals surface area contributed by atoms with E-state index in [9.17, 15) is 0 Å². The maximum Gasteiger partial charge on any atom is 0.254 e. The van der Waals surface area contributed by atoms with Crippen molar-refractivity contribution < 1.29 is 0 Å². The number of aromatic nitrogens is 6.